The molecular weight excluding hydrogens is 318 g/mol. The van der Waals surface area contributed by atoms with E-state index in [0.717, 1.165) is 22.6 Å². The van der Waals surface area contributed by atoms with E-state index in [4.69, 9.17) is 9.47 Å². The number of methoxy groups -OCH3 is 2. The maximum absolute atomic E-state index is 12.6. The highest BCUT2D eigenvalue weighted by molar-refractivity contribution is 6.13. The maximum atomic E-state index is 12.6. The van der Waals surface area contributed by atoms with E-state index in [-0.39, 0.29) is 23.7 Å². The molecule has 128 valence electrons. The average Bonchev–Trinajstić information content (AvgIpc) is 3.25. The minimum atomic E-state index is -0.680. The number of carbonyl (C=O) groups is 2. The number of imide groups is 1. The van der Waals surface area contributed by atoms with Crippen LogP contribution in [0.5, 0.6) is 11.5 Å². The number of rotatable bonds is 5. The molecule has 4 rings (SSSR count). The maximum Gasteiger partial charge on any atom is 0.234 e. The Morgan fingerprint density at radius 2 is 1.44 bits per heavy atom. The molecule has 5 heteroatoms. The van der Waals surface area contributed by atoms with Crippen molar-refractivity contribution in [2.24, 2.45) is 11.3 Å². The molecule has 2 aromatic carbocycles. The largest absolute Gasteiger partial charge is 0.497 e. The van der Waals surface area contributed by atoms with E-state index < -0.39 is 5.41 Å². The lowest BCUT2D eigenvalue weighted by Gasteiger charge is -2.15. The van der Waals surface area contributed by atoms with Crippen molar-refractivity contribution in [1.82, 2.24) is 5.32 Å². The van der Waals surface area contributed by atoms with Gasteiger partial charge in [-0.1, -0.05) is 24.3 Å². The number of amides is 2. The molecular formula is C20H19NO4. The summed E-state index contributed by atoms with van der Waals surface area (Å²) in [5, 5.41) is 2.49. The highest BCUT2D eigenvalue weighted by atomic mass is 16.5. The smallest absolute Gasteiger partial charge is 0.234 e. The van der Waals surface area contributed by atoms with Crippen molar-refractivity contribution in [2.75, 3.05) is 14.2 Å². The normalized spacial score (nSPS) is 26.8. The molecule has 1 saturated carbocycles. The number of fused-ring (bicyclic) bond motifs is 1. The van der Waals surface area contributed by atoms with Crippen LogP contribution in [-0.2, 0) is 16.0 Å². The molecule has 1 aliphatic carbocycles. The number of ether oxygens (including phenoxy) is 2. The zero-order chi connectivity index (χ0) is 17.6. The predicted octanol–water partition coefficient (Wildman–Crippen LogP) is 2.30. The third kappa shape index (κ3) is 2.30. The first-order valence-electron chi connectivity index (χ1n) is 8.22. The van der Waals surface area contributed by atoms with Crippen molar-refractivity contribution in [1.29, 1.82) is 0 Å². The molecule has 1 saturated heterocycles. The Balaban J connectivity index is 1.66. The third-order valence-electron chi connectivity index (χ3n) is 5.41. The fraction of sp³-hybridized carbons (Fsp3) is 0.300. The molecule has 5 nitrogen and oxygen atoms in total. The summed E-state index contributed by atoms with van der Waals surface area (Å²) in [6, 6.07) is 15.3. The second-order valence-corrected chi connectivity index (χ2v) is 6.61. The molecule has 25 heavy (non-hydrogen) atoms. The summed E-state index contributed by atoms with van der Waals surface area (Å²) in [6.07, 6.45) is 0.538. The summed E-state index contributed by atoms with van der Waals surface area (Å²) in [5.74, 6) is 0.817. The van der Waals surface area contributed by atoms with Gasteiger partial charge in [-0.25, -0.2) is 0 Å². The van der Waals surface area contributed by atoms with Gasteiger partial charge in [0.2, 0.25) is 11.8 Å². The van der Waals surface area contributed by atoms with Gasteiger partial charge in [-0.05, 0) is 41.8 Å². The van der Waals surface area contributed by atoms with Gasteiger partial charge in [0, 0.05) is 5.92 Å². The zero-order valence-corrected chi connectivity index (χ0v) is 14.1. The molecule has 2 aromatic rings. The molecule has 0 bridgehead atoms. The second kappa shape index (κ2) is 5.62. The van der Waals surface area contributed by atoms with Crippen LogP contribution in [0.25, 0.3) is 0 Å². The van der Waals surface area contributed by atoms with Gasteiger partial charge in [-0.15, -0.1) is 0 Å². The summed E-state index contributed by atoms with van der Waals surface area (Å²) in [6.45, 7) is 0. The lowest BCUT2D eigenvalue weighted by Crippen LogP contribution is -2.31. The first kappa shape index (κ1) is 15.7. The molecule has 2 fully saturated rings. The Morgan fingerprint density at radius 3 is 2.00 bits per heavy atom. The van der Waals surface area contributed by atoms with E-state index >= 15 is 0 Å². The molecule has 1 aliphatic heterocycles. The quantitative estimate of drug-likeness (QED) is 0.851. The van der Waals surface area contributed by atoms with Crippen LogP contribution in [0.3, 0.4) is 0 Å². The monoisotopic (exact) mass is 337 g/mol. The van der Waals surface area contributed by atoms with Gasteiger partial charge in [-0.3, -0.25) is 14.9 Å². The van der Waals surface area contributed by atoms with E-state index in [9.17, 15) is 9.59 Å². The first-order valence-corrected chi connectivity index (χ1v) is 8.22. The zero-order valence-electron chi connectivity index (χ0n) is 14.1. The molecule has 3 unspecified atom stereocenters. The summed E-state index contributed by atoms with van der Waals surface area (Å²) in [7, 11) is 3.23. The third-order valence-corrected chi connectivity index (χ3v) is 5.41. The van der Waals surface area contributed by atoms with Crippen LogP contribution in [0, 0.1) is 11.3 Å². The topological polar surface area (TPSA) is 64.6 Å². The summed E-state index contributed by atoms with van der Waals surface area (Å²) in [5.41, 5.74) is 1.34. The van der Waals surface area contributed by atoms with Gasteiger partial charge in [0.05, 0.1) is 25.6 Å². The van der Waals surface area contributed by atoms with Crippen LogP contribution >= 0.6 is 0 Å². The molecule has 2 aliphatic rings. The number of carbonyl (C=O) groups excluding carboxylic acids is 2. The lowest BCUT2D eigenvalue weighted by atomic mass is 9.90. The second-order valence-electron chi connectivity index (χ2n) is 6.61. The minimum absolute atomic E-state index is 0.0817. The highest BCUT2D eigenvalue weighted by Gasteiger charge is 2.76. The van der Waals surface area contributed by atoms with Gasteiger partial charge < -0.3 is 9.47 Å². The van der Waals surface area contributed by atoms with Crippen LogP contribution in [0.4, 0.5) is 0 Å². The van der Waals surface area contributed by atoms with E-state index in [0.29, 0.717) is 6.42 Å². The Hall–Kier alpha value is -2.82. The van der Waals surface area contributed by atoms with Gasteiger partial charge >= 0.3 is 0 Å². The minimum Gasteiger partial charge on any atom is -0.497 e. The predicted molar refractivity (Wildman–Crippen MR) is 91.5 cm³/mol. The molecule has 0 radical (unpaired) electrons. The van der Waals surface area contributed by atoms with Gasteiger partial charge in [0.1, 0.15) is 11.5 Å². The number of hydrogen-bond acceptors (Lipinski definition) is 4. The van der Waals surface area contributed by atoms with Gasteiger partial charge in [-0.2, -0.15) is 0 Å². The summed E-state index contributed by atoms with van der Waals surface area (Å²) in [4.78, 5) is 24.9. The van der Waals surface area contributed by atoms with E-state index in [1.165, 1.54) is 0 Å². The molecule has 3 atom stereocenters. The van der Waals surface area contributed by atoms with Gasteiger partial charge in [0.25, 0.3) is 0 Å². The fourth-order valence-corrected chi connectivity index (χ4v) is 4.10. The standard InChI is InChI=1S/C20H19NO4/c1-24-14-7-3-12(4-8-14)11-20-16(17(20)18(22)21-19(20)23)13-5-9-15(25-2)10-6-13/h3-10,16-17H,11H2,1-2H3,(H,21,22,23). The highest BCUT2D eigenvalue weighted by Crippen LogP contribution is 2.69. The Bertz CT molecular complexity index is 828. The van der Waals surface area contributed by atoms with Crippen molar-refractivity contribution < 1.29 is 19.1 Å². The number of hydrogen-bond donors (Lipinski definition) is 1. The number of nitrogens with one attached hydrogen (secondary N) is 1. The SMILES string of the molecule is COc1ccc(CC23C(=O)NC(=O)C2C3c2ccc(OC)cc2)cc1. The van der Waals surface area contributed by atoms with Crippen molar-refractivity contribution >= 4 is 11.8 Å². The molecule has 0 aromatic heterocycles. The Kier molecular flexibility index (Phi) is 3.53. The van der Waals surface area contributed by atoms with Crippen molar-refractivity contribution in [3.05, 3.63) is 59.7 Å². The summed E-state index contributed by atoms with van der Waals surface area (Å²) >= 11 is 0. The average molecular weight is 337 g/mol. The van der Waals surface area contributed by atoms with E-state index in [1.54, 1.807) is 14.2 Å². The fourth-order valence-electron chi connectivity index (χ4n) is 4.10. The van der Waals surface area contributed by atoms with E-state index in [1.807, 2.05) is 48.5 Å². The van der Waals surface area contributed by atoms with Crippen LogP contribution < -0.4 is 14.8 Å². The number of piperidine rings is 1. The van der Waals surface area contributed by atoms with E-state index in [2.05, 4.69) is 5.32 Å². The first-order chi connectivity index (χ1) is 12.1. The summed E-state index contributed by atoms with van der Waals surface area (Å²) < 4.78 is 10.4. The molecule has 1 heterocycles. The van der Waals surface area contributed by atoms with Crippen LogP contribution in [0.2, 0.25) is 0 Å². The van der Waals surface area contributed by atoms with Crippen molar-refractivity contribution in [3.63, 3.8) is 0 Å². The van der Waals surface area contributed by atoms with Crippen LogP contribution in [0.15, 0.2) is 48.5 Å². The van der Waals surface area contributed by atoms with Crippen LogP contribution in [0.1, 0.15) is 17.0 Å². The lowest BCUT2D eigenvalue weighted by molar-refractivity contribution is -0.129. The van der Waals surface area contributed by atoms with Gasteiger partial charge in [0.15, 0.2) is 0 Å². The van der Waals surface area contributed by atoms with Crippen LogP contribution in [-0.4, -0.2) is 26.0 Å². The van der Waals surface area contributed by atoms with Crippen molar-refractivity contribution in [2.45, 2.75) is 12.3 Å². The Labute approximate surface area is 145 Å². The molecule has 2 amide bonds. The number of benzene rings is 2. The van der Waals surface area contributed by atoms with Crippen molar-refractivity contribution in [3.8, 4) is 11.5 Å². The Morgan fingerprint density at radius 1 is 0.880 bits per heavy atom. The molecule has 1 N–H and O–H groups in total. The molecule has 0 spiro atoms.